The first-order valence-electron chi connectivity index (χ1n) is 6.42. The Morgan fingerprint density at radius 1 is 1.24 bits per heavy atom. The van der Waals surface area contributed by atoms with Crippen LogP contribution in [0.1, 0.15) is 12.5 Å². The van der Waals surface area contributed by atoms with Gasteiger partial charge < -0.3 is 15.8 Å². The molecule has 0 aromatic heterocycles. The summed E-state index contributed by atoms with van der Waals surface area (Å²) in [6, 6.07) is 15.6. The van der Waals surface area contributed by atoms with Gasteiger partial charge in [0, 0.05) is 0 Å². The lowest BCUT2D eigenvalue weighted by molar-refractivity contribution is -0.122. The summed E-state index contributed by atoms with van der Waals surface area (Å²) in [7, 11) is 0. The summed E-state index contributed by atoms with van der Waals surface area (Å²) >= 11 is 0. The molecule has 1 atom stereocenters. The summed E-state index contributed by atoms with van der Waals surface area (Å²) in [5.74, 6) is 0.231. The zero-order valence-electron chi connectivity index (χ0n) is 11.5. The second kappa shape index (κ2) is 6.44. The molecule has 0 bridgehead atoms. The molecular weight excluding hydrogens is 266 g/mol. The highest BCUT2D eigenvalue weighted by atomic mass is 16.5. The maximum absolute atomic E-state index is 12.0. The molecule has 0 spiro atoms. The quantitative estimate of drug-likeness (QED) is 0.843. The Labute approximate surface area is 123 Å². The number of nitrogens with one attached hydrogen (secondary N) is 1. The predicted octanol–water partition coefficient (Wildman–Crippen LogP) is 2.55. The Hall–Kier alpha value is -3.00. The van der Waals surface area contributed by atoms with Gasteiger partial charge in [0.15, 0.2) is 6.10 Å². The highest BCUT2D eigenvalue weighted by Gasteiger charge is 2.15. The topological polar surface area (TPSA) is 88.1 Å². The zero-order valence-corrected chi connectivity index (χ0v) is 11.5. The Balaban J connectivity index is 1.99. The standard InChI is InChI=1S/C16H15N3O2/c1-11(21-13-8-6-12(10-17)7-9-13)16(20)19-15-5-3-2-4-14(15)18/h2-9,11H,18H2,1H3,(H,19,20). The number of anilines is 2. The van der Waals surface area contributed by atoms with Crippen molar-refractivity contribution in [3.05, 3.63) is 54.1 Å². The van der Waals surface area contributed by atoms with Gasteiger partial charge in [-0.2, -0.15) is 5.26 Å². The number of rotatable bonds is 4. The maximum atomic E-state index is 12.0. The highest BCUT2D eigenvalue weighted by Crippen LogP contribution is 2.18. The summed E-state index contributed by atoms with van der Waals surface area (Å²) in [5, 5.41) is 11.4. The number of carbonyl (C=O) groups excluding carboxylic acids is 1. The van der Waals surface area contributed by atoms with E-state index in [1.54, 1.807) is 55.5 Å². The lowest BCUT2D eigenvalue weighted by Crippen LogP contribution is -2.30. The molecule has 1 unspecified atom stereocenters. The van der Waals surface area contributed by atoms with E-state index >= 15 is 0 Å². The molecule has 0 fully saturated rings. The van der Waals surface area contributed by atoms with Crippen LogP contribution in [0.25, 0.3) is 0 Å². The van der Waals surface area contributed by atoms with Crippen molar-refractivity contribution in [1.29, 1.82) is 5.26 Å². The molecule has 5 nitrogen and oxygen atoms in total. The lowest BCUT2D eigenvalue weighted by Gasteiger charge is -2.15. The molecule has 0 radical (unpaired) electrons. The summed E-state index contributed by atoms with van der Waals surface area (Å²) in [6.07, 6.45) is -0.683. The van der Waals surface area contributed by atoms with Gasteiger partial charge in [-0.25, -0.2) is 0 Å². The van der Waals surface area contributed by atoms with Crippen LogP contribution in [-0.2, 0) is 4.79 Å². The van der Waals surface area contributed by atoms with Crippen molar-refractivity contribution < 1.29 is 9.53 Å². The van der Waals surface area contributed by atoms with Crippen LogP contribution in [0, 0.1) is 11.3 Å². The number of hydrogen-bond donors (Lipinski definition) is 2. The molecule has 2 aromatic rings. The van der Waals surface area contributed by atoms with Gasteiger partial charge in [-0.15, -0.1) is 0 Å². The first-order valence-corrected chi connectivity index (χ1v) is 6.42. The van der Waals surface area contributed by atoms with E-state index in [2.05, 4.69) is 5.32 Å². The van der Waals surface area contributed by atoms with E-state index in [1.165, 1.54) is 0 Å². The van der Waals surface area contributed by atoms with Gasteiger partial charge in [-0.3, -0.25) is 4.79 Å². The van der Waals surface area contributed by atoms with Crippen molar-refractivity contribution >= 4 is 17.3 Å². The van der Waals surface area contributed by atoms with Crippen molar-refractivity contribution in [3.63, 3.8) is 0 Å². The number of carbonyl (C=O) groups is 1. The van der Waals surface area contributed by atoms with Crippen molar-refractivity contribution in [2.24, 2.45) is 0 Å². The van der Waals surface area contributed by atoms with Crippen LogP contribution in [-0.4, -0.2) is 12.0 Å². The van der Waals surface area contributed by atoms with Crippen molar-refractivity contribution in [1.82, 2.24) is 0 Å². The zero-order chi connectivity index (χ0) is 15.2. The summed E-state index contributed by atoms with van der Waals surface area (Å²) in [6.45, 7) is 1.65. The molecule has 2 rings (SSSR count). The van der Waals surface area contributed by atoms with E-state index in [0.29, 0.717) is 22.7 Å². The lowest BCUT2D eigenvalue weighted by atomic mass is 10.2. The second-order valence-electron chi connectivity index (χ2n) is 4.47. The molecule has 0 heterocycles. The van der Waals surface area contributed by atoms with Gasteiger partial charge in [0.05, 0.1) is 23.0 Å². The van der Waals surface area contributed by atoms with E-state index < -0.39 is 6.10 Å². The van der Waals surface area contributed by atoms with Crippen LogP contribution in [0.2, 0.25) is 0 Å². The summed E-state index contributed by atoms with van der Waals surface area (Å²) < 4.78 is 5.53. The number of ether oxygens (including phenoxy) is 1. The number of benzene rings is 2. The van der Waals surface area contributed by atoms with E-state index in [4.69, 9.17) is 15.7 Å². The molecule has 21 heavy (non-hydrogen) atoms. The number of para-hydroxylation sites is 2. The van der Waals surface area contributed by atoms with Crippen molar-refractivity contribution in [3.8, 4) is 11.8 Å². The Kier molecular flexibility index (Phi) is 4.42. The van der Waals surface area contributed by atoms with Gasteiger partial charge in [0.25, 0.3) is 5.91 Å². The van der Waals surface area contributed by atoms with Gasteiger partial charge in [0.2, 0.25) is 0 Å². The fraction of sp³-hybridized carbons (Fsp3) is 0.125. The molecule has 3 N–H and O–H groups in total. The molecule has 0 saturated carbocycles. The van der Waals surface area contributed by atoms with Crippen molar-refractivity contribution in [2.75, 3.05) is 11.1 Å². The van der Waals surface area contributed by atoms with E-state index in [-0.39, 0.29) is 5.91 Å². The molecule has 2 aromatic carbocycles. The van der Waals surface area contributed by atoms with Gasteiger partial charge in [-0.1, -0.05) is 12.1 Å². The minimum Gasteiger partial charge on any atom is -0.481 e. The fourth-order valence-corrected chi connectivity index (χ4v) is 1.71. The fourth-order valence-electron chi connectivity index (χ4n) is 1.71. The molecule has 0 aliphatic heterocycles. The van der Waals surface area contributed by atoms with Crippen LogP contribution < -0.4 is 15.8 Å². The van der Waals surface area contributed by atoms with Crippen LogP contribution in [0.15, 0.2) is 48.5 Å². The van der Waals surface area contributed by atoms with Crippen LogP contribution in [0.3, 0.4) is 0 Å². The highest BCUT2D eigenvalue weighted by molar-refractivity contribution is 5.96. The Bertz CT molecular complexity index is 675. The molecule has 0 aliphatic carbocycles. The van der Waals surface area contributed by atoms with E-state index in [9.17, 15) is 4.79 Å². The largest absolute Gasteiger partial charge is 0.481 e. The first kappa shape index (κ1) is 14.4. The van der Waals surface area contributed by atoms with E-state index in [0.717, 1.165) is 0 Å². The smallest absolute Gasteiger partial charge is 0.265 e. The van der Waals surface area contributed by atoms with Gasteiger partial charge in [0.1, 0.15) is 5.75 Å². The molecule has 106 valence electrons. The van der Waals surface area contributed by atoms with Gasteiger partial charge >= 0.3 is 0 Å². The average molecular weight is 281 g/mol. The average Bonchev–Trinajstić information content (AvgIpc) is 2.50. The molecule has 0 saturated heterocycles. The minimum atomic E-state index is -0.683. The third-order valence-electron chi connectivity index (χ3n) is 2.88. The third-order valence-corrected chi connectivity index (χ3v) is 2.88. The number of amides is 1. The normalized spacial score (nSPS) is 11.2. The van der Waals surface area contributed by atoms with Gasteiger partial charge in [-0.05, 0) is 43.3 Å². The SMILES string of the molecule is CC(Oc1ccc(C#N)cc1)C(=O)Nc1ccccc1N. The third kappa shape index (κ3) is 3.74. The number of nitrogens with two attached hydrogens (primary N) is 1. The number of nitrogen functional groups attached to an aromatic ring is 1. The monoisotopic (exact) mass is 281 g/mol. The van der Waals surface area contributed by atoms with Crippen LogP contribution in [0.5, 0.6) is 5.75 Å². The predicted molar refractivity (Wildman–Crippen MR) is 80.7 cm³/mol. The summed E-state index contributed by atoms with van der Waals surface area (Å²) in [4.78, 5) is 12.0. The number of hydrogen-bond acceptors (Lipinski definition) is 4. The number of nitriles is 1. The summed E-state index contributed by atoms with van der Waals surface area (Å²) in [5.41, 5.74) is 7.36. The van der Waals surface area contributed by atoms with Crippen molar-refractivity contribution in [2.45, 2.75) is 13.0 Å². The maximum Gasteiger partial charge on any atom is 0.265 e. The second-order valence-corrected chi connectivity index (χ2v) is 4.47. The molecule has 1 amide bonds. The number of nitrogens with zero attached hydrogens (tertiary/aromatic N) is 1. The van der Waals surface area contributed by atoms with Crippen LogP contribution in [0.4, 0.5) is 11.4 Å². The van der Waals surface area contributed by atoms with Crippen LogP contribution >= 0.6 is 0 Å². The molecule has 5 heteroatoms. The molecular formula is C16H15N3O2. The Morgan fingerprint density at radius 2 is 1.90 bits per heavy atom. The Morgan fingerprint density at radius 3 is 2.52 bits per heavy atom. The van der Waals surface area contributed by atoms with E-state index in [1.807, 2.05) is 6.07 Å². The minimum absolute atomic E-state index is 0.294. The molecule has 0 aliphatic rings. The first-order chi connectivity index (χ1) is 10.1.